The number of hydrogen-bond acceptors (Lipinski definition) is 4. The topological polar surface area (TPSA) is 69.6 Å². The fraction of sp³-hybridized carbons (Fsp3) is 0.385. The lowest BCUT2D eigenvalue weighted by atomic mass is 10.1. The zero-order valence-corrected chi connectivity index (χ0v) is 27.9. The van der Waals surface area contributed by atoms with Crippen LogP contribution in [0.3, 0.4) is 0 Å². The third-order valence-electron chi connectivity index (χ3n) is 7.38. The van der Waals surface area contributed by atoms with E-state index in [9.17, 15) is 9.59 Å². The van der Waals surface area contributed by atoms with Crippen molar-refractivity contribution < 1.29 is 14.3 Å². The molecule has 3 aromatic rings. The summed E-state index contributed by atoms with van der Waals surface area (Å²) in [5.74, 6) is 0.396. The van der Waals surface area contributed by atoms with Crippen molar-refractivity contribution in [3.8, 4) is 11.5 Å². The number of amides is 1. The minimum atomic E-state index is -0.248. The number of fused-ring (bicyclic) bond motifs is 1. The van der Waals surface area contributed by atoms with Gasteiger partial charge in [0.15, 0.2) is 5.75 Å². The summed E-state index contributed by atoms with van der Waals surface area (Å²) in [5.41, 5.74) is 5.65. The number of pyridine rings is 1. The van der Waals surface area contributed by atoms with Gasteiger partial charge in [0.05, 0.1) is 5.52 Å². The van der Waals surface area contributed by atoms with Crippen LogP contribution in [0.4, 0.5) is 5.69 Å². The Morgan fingerprint density at radius 3 is 2.27 bits per heavy atom. The van der Waals surface area contributed by atoms with Crippen molar-refractivity contribution in [2.75, 3.05) is 18.5 Å². The second kappa shape index (κ2) is 18.5. The summed E-state index contributed by atoms with van der Waals surface area (Å²) in [7, 11) is 0. The molecule has 0 aliphatic heterocycles. The molecule has 0 saturated heterocycles. The zero-order valence-electron chi connectivity index (χ0n) is 27.9. The first kappa shape index (κ1) is 35.2. The highest BCUT2D eigenvalue weighted by atomic mass is 16.5. The number of anilines is 1. The van der Waals surface area contributed by atoms with Gasteiger partial charge in [0.2, 0.25) is 11.7 Å². The number of aryl methyl sites for hydroxylation is 1. The molecule has 0 spiro atoms. The number of rotatable bonds is 17. The fourth-order valence-corrected chi connectivity index (χ4v) is 4.83. The van der Waals surface area contributed by atoms with Crippen LogP contribution < -0.4 is 20.3 Å². The van der Waals surface area contributed by atoms with Crippen LogP contribution in [0.5, 0.6) is 11.5 Å². The molecule has 2 aromatic carbocycles. The van der Waals surface area contributed by atoms with Gasteiger partial charge in [0, 0.05) is 23.7 Å². The molecule has 0 atom stereocenters. The van der Waals surface area contributed by atoms with E-state index >= 15 is 0 Å². The molecule has 6 heteroatoms. The largest absolute Gasteiger partial charge is 0.485 e. The standard InChI is InChI=1S/C39H50N2O4/c1-7-8-9-13-25-41-35-28-33(40-36(42)22-19-32-17-11-10-12-18-32)20-21-34(35)37(44-26-23-30(4)5)38(39(41)43)45-27-24-31(6)16-14-15-29(2)3/h10-12,15,17-24,28H,7-9,13-14,16,25-27H2,1-6H3,(H,40,42)/b22-19?,31-24+. The minimum Gasteiger partial charge on any atom is -0.485 e. The van der Waals surface area contributed by atoms with E-state index in [4.69, 9.17) is 9.47 Å². The van der Waals surface area contributed by atoms with Crippen LogP contribution >= 0.6 is 0 Å². The average Bonchev–Trinajstić information content (AvgIpc) is 3.00. The van der Waals surface area contributed by atoms with E-state index in [0.717, 1.165) is 55.0 Å². The SMILES string of the molecule is CCCCCCn1c(=O)c(OC/C=C(\C)CCC=C(C)C)c(OCC=C(C)C)c2ccc(NC(=O)C=Cc3ccccc3)cc21. The Bertz CT molecular complexity index is 1580. The molecule has 1 heterocycles. The van der Waals surface area contributed by atoms with E-state index in [1.165, 1.54) is 17.2 Å². The number of aromatic nitrogens is 1. The number of nitrogens with one attached hydrogen (secondary N) is 1. The molecule has 6 nitrogen and oxygen atoms in total. The monoisotopic (exact) mass is 610 g/mol. The van der Waals surface area contributed by atoms with E-state index in [1.54, 1.807) is 10.6 Å². The lowest BCUT2D eigenvalue weighted by molar-refractivity contribution is -0.111. The first-order valence-corrected chi connectivity index (χ1v) is 16.1. The lowest BCUT2D eigenvalue weighted by Gasteiger charge is -2.19. The predicted octanol–water partition coefficient (Wildman–Crippen LogP) is 9.65. The Balaban J connectivity index is 2.01. The van der Waals surface area contributed by atoms with Gasteiger partial charge < -0.3 is 19.4 Å². The summed E-state index contributed by atoms with van der Waals surface area (Å²) in [4.78, 5) is 26.9. The Kier molecular flexibility index (Phi) is 14.4. The summed E-state index contributed by atoms with van der Waals surface area (Å²) in [6.45, 7) is 13.6. The van der Waals surface area contributed by atoms with Crippen LogP contribution in [0, 0.1) is 0 Å². The second-order valence-corrected chi connectivity index (χ2v) is 11.9. The van der Waals surface area contributed by atoms with Crippen LogP contribution in [-0.2, 0) is 11.3 Å². The maximum Gasteiger partial charge on any atom is 0.297 e. The molecule has 0 fully saturated rings. The van der Waals surface area contributed by atoms with Crippen LogP contribution in [0.25, 0.3) is 17.0 Å². The quantitative estimate of drug-likeness (QED) is 0.0939. The first-order chi connectivity index (χ1) is 21.7. The van der Waals surface area contributed by atoms with E-state index in [0.29, 0.717) is 30.1 Å². The van der Waals surface area contributed by atoms with Gasteiger partial charge in [-0.1, -0.05) is 79.3 Å². The number of unbranched alkanes of at least 4 members (excludes halogenated alkanes) is 3. The van der Waals surface area contributed by atoms with Gasteiger partial charge in [0.1, 0.15) is 13.2 Å². The number of carbonyl (C=O) groups is 1. The fourth-order valence-electron chi connectivity index (χ4n) is 4.83. The molecular formula is C39H50N2O4. The van der Waals surface area contributed by atoms with Crippen LogP contribution in [0.2, 0.25) is 0 Å². The maximum atomic E-state index is 14.1. The summed E-state index contributed by atoms with van der Waals surface area (Å²) >= 11 is 0. The van der Waals surface area contributed by atoms with Gasteiger partial charge in [-0.25, -0.2) is 0 Å². The summed E-state index contributed by atoms with van der Waals surface area (Å²) < 4.78 is 14.2. The van der Waals surface area contributed by atoms with E-state index in [-0.39, 0.29) is 23.8 Å². The first-order valence-electron chi connectivity index (χ1n) is 16.1. The van der Waals surface area contributed by atoms with Gasteiger partial charge in [-0.3, -0.25) is 9.59 Å². The van der Waals surface area contributed by atoms with Crippen molar-refractivity contribution in [2.45, 2.75) is 86.6 Å². The van der Waals surface area contributed by atoms with E-state index in [2.05, 4.69) is 39.1 Å². The number of hydrogen-bond donors (Lipinski definition) is 1. The molecule has 45 heavy (non-hydrogen) atoms. The molecule has 3 rings (SSSR count). The summed E-state index contributed by atoms with van der Waals surface area (Å²) in [6.07, 6.45) is 15.5. The number of benzene rings is 2. The van der Waals surface area contributed by atoms with Gasteiger partial charge in [-0.2, -0.15) is 0 Å². The minimum absolute atomic E-state index is 0.219. The Hall–Kier alpha value is -4.32. The van der Waals surface area contributed by atoms with Crippen molar-refractivity contribution in [3.63, 3.8) is 0 Å². The highest BCUT2D eigenvalue weighted by Gasteiger charge is 2.20. The molecule has 0 unspecified atom stereocenters. The molecule has 0 bridgehead atoms. The molecule has 0 aliphatic carbocycles. The predicted molar refractivity (Wildman–Crippen MR) is 189 cm³/mol. The van der Waals surface area contributed by atoms with Crippen molar-refractivity contribution >= 4 is 28.6 Å². The lowest BCUT2D eigenvalue weighted by Crippen LogP contribution is -2.24. The van der Waals surface area contributed by atoms with E-state index in [1.807, 2.05) is 74.5 Å². The molecule has 0 radical (unpaired) electrons. The van der Waals surface area contributed by atoms with Gasteiger partial charge in [-0.15, -0.1) is 0 Å². The summed E-state index contributed by atoms with van der Waals surface area (Å²) in [5, 5.41) is 3.72. The Morgan fingerprint density at radius 1 is 0.844 bits per heavy atom. The third kappa shape index (κ3) is 11.6. The van der Waals surface area contributed by atoms with E-state index < -0.39 is 0 Å². The zero-order chi connectivity index (χ0) is 32.6. The van der Waals surface area contributed by atoms with Crippen molar-refractivity contribution in [2.24, 2.45) is 0 Å². The van der Waals surface area contributed by atoms with Crippen LogP contribution in [0.1, 0.15) is 85.6 Å². The molecular weight excluding hydrogens is 560 g/mol. The number of nitrogens with zero attached hydrogens (tertiary/aromatic N) is 1. The van der Waals surface area contributed by atoms with Crippen LogP contribution in [-0.4, -0.2) is 23.7 Å². The van der Waals surface area contributed by atoms with Crippen LogP contribution in [0.15, 0.2) is 94.3 Å². The maximum absolute atomic E-state index is 14.1. The number of allylic oxidation sites excluding steroid dienone is 4. The van der Waals surface area contributed by atoms with Crippen molar-refractivity contribution in [1.29, 1.82) is 0 Å². The third-order valence-corrected chi connectivity index (χ3v) is 7.38. The highest BCUT2D eigenvalue weighted by Crippen LogP contribution is 2.35. The van der Waals surface area contributed by atoms with Gasteiger partial charge in [0.25, 0.3) is 5.56 Å². The highest BCUT2D eigenvalue weighted by molar-refractivity contribution is 6.03. The summed E-state index contributed by atoms with van der Waals surface area (Å²) in [6, 6.07) is 15.3. The molecule has 240 valence electrons. The van der Waals surface area contributed by atoms with Crippen molar-refractivity contribution in [1.82, 2.24) is 4.57 Å². The Morgan fingerprint density at radius 2 is 1.56 bits per heavy atom. The Labute approximate surface area is 269 Å². The molecule has 0 aliphatic rings. The smallest absolute Gasteiger partial charge is 0.297 e. The van der Waals surface area contributed by atoms with Gasteiger partial charge >= 0.3 is 0 Å². The molecule has 1 aromatic heterocycles. The van der Waals surface area contributed by atoms with Crippen molar-refractivity contribution in [3.05, 3.63) is 105 Å². The second-order valence-electron chi connectivity index (χ2n) is 11.9. The number of ether oxygens (including phenoxy) is 2. The molecule has 0 saturated carbocycles. The normalized spacial score (nSPS) is 11.5. The number of carbonyl (C=O) groups excluding carboxylic acids is 1. The van der Waals surface area contributed by atoms with Gasteiger partial charge in [-0.05, 0) is 95.9 Å². The molecule has 1 amide bonds. The average molecular weight is 611 g/mol. The molecule has 1 N–H and O–H groups in total.